The van der Waals surface area contributed by atoms with Gasteiger partial charge in [0, 0.05) is 24.9 Å². The molecule has 1 saturated heterocycles. The number of ether oxygens (including phenoxy) is 3. The molecule has 0 aliphatic carbocycles. The van der Waals surface area contributed by atoms with Crippen molar-refractivity contribution in [1.82, 2.24) is 9.88 Å². The lowest BCUT2D eigenvalue weighted by atomic mass is 10.0. The second-order valence-corrected chi connectivity index (χ2v) is 10.8. The van der Waals surface area contributed by atoms with E-state index in [1.54, 1.807) is 42.3 Å². The van der Waals surface area contributed by atoms with Crippen molar-refractivity contribution in [3.05, 3.63) is 83.0 Å². The van der Waals surface area contributed by atoms with Crippen LogP contribution in [0.15, 0.2) is 65.7 Å². The quantitative estimate of drug-likeness (QED) is 0.457. The van der Waals surface area contributed by atoms with Crippen LogP contribution in [0.2, 0.25) is 0 Å². The molecule has 0 bridgehead atoms. The SMILES string of the molecule is COc1ccccc1S(=O)(=O)Cc1ccnc(OC2CN(C(=O)c3cc(C)ccc3C)CC2OC)c1. The van der Waals surface area contributed by atoms with Gasteiger partial charge in [0.1, 0.15) is 22.9 Å². The van der Waals surface area contributed by atoms with Crippen molar-refractivity contribution in [2.75, 3.05) is 27.3 Å². The molecule has 0 N–H and O–H groups in total. The van der Waals surface area contributed by atoms with Gasteiger partial charge in [0.2, 0.25) is 5.88 Å². The number of para-hydroxylation sites is 1. The molecule has 2 atom stereocenters. The first kappa shape index (κ1) is 25.7. The predicted molar refractivity (Wildman–Crippen MR) is 135 cm³/mol. The normalized spacial score (nSPS) is 17.7. The van der Waals surface area contributed by atoms with Crippen LogP contribution in [0.4, 0.5) is 0 Å². The number of aryl methyl sites for hydroxylation is 2. The molecular formula is C27H30N2O6S. The number of hydrogen-bond acceptors (Lipinski definition) is 7. The molecule has 1 aliphatic rings. The number of nitrogens with zero attached hydrogens (tertiary/aromatic N) is 2. The topological polar surface area (TPSA) is 95.0 Å². The number of likely N-dealkylation sites (tertiary alicyclic amines) is 1. The molecule has 4 rings (SSSR count). The highest BCUT2D eigenvalue weighted by molar-refractivity contribution is 7.90. The Labute approximate surface area is 211 Å². The van der Waals surface area contributed by atoms with Crippen molar-refractivity contribution >= 4 is 15.7 Å². The van der Waals surface area contributed by atoms with Gasteiger partial charge in [-0.15, -0.1) is 0 Å². The Morgan fingerprint density at radius 2 is 1.78 bits per heavy atom. The van der Waals surface area contributed by atoms with Crippen LogP contribution in [-0.2, 0) is 20.3 Å². The van der Waals surface area contributed by atoms with Gasteiger partial charge in [0.05, 0.1) is 26.0 Å². The highest BCUT2D eigenvalue weighted by Crippen LogP contribution is 2.28. The fourth-order valence-corrected chi connectivity index (χ4v) is 5.84. The average molecular weight is 511 g/mol. The third kappa shape index (κ3) is 5.52. The van der Waals surface area contributed by atoms with Gasteiger partial charge >= 0.3 is 0 Å². The molecule has 1 fully saturated rings. The van der Waals surface area contributed by atoms with Gasteiger partial charge in [0.15, 0.2) is 9.84 Å². The van der Waals surface area contributed by atoms with E-state index < -0.39 is 15.9 Å². The third-order valence-electron chi connectivity index (χ3n) is 6.26. The maximum Gasteiger partial charge on any atom is 0.254 e. The fraction of sp³-hybridized carbons (Fsp3) is 0.333. The van der Waals surface area contributed by atoms with Crippen molar-refractivity contribution in [2.24, 2.45) is 0 Å². The van der Waals surface area contributed by atoms with Crippen molar-refractivity contribution in [1.29, 1.82) is 0 Å². The van der Waals surface area contributed by atoms with Gasteiger partial charge in [-0.1, -0.05) is 29.8 Å². The largest absolute Gasteiger partial charge is 0.495 e. The summed E-state index contributed by atoms with van der Waals surface area (Å²) in [6, 6.07) is 15.6. The molecule has 2 heterocycles. The van der Waals surface area contributed by atoms with Crippen LogP contribution in [0.3, 0.4) is 0 Å². The van der Waals surface area contributed by atoms with E-state index in [9.17, 15) is 13.2 Å². The van der Waals surface area contributed by atoms with Gasteiger partial charge in [-0.05, 0) is 49.2 Å². The second-order valence-electron chi connectivity index (χ2n) is 8.87. The second kappa shape index (κ2) is 10.7. The van der Waals surface area contributed by atoms with E-state index in [1.807, 2.05) is 32.0 Å². The number of carbonyl (C=O) groups excluding carboxylic acids is 1. The number of amides is 1. The van der Waals surface area contributed by atoms with E-state index in [4.69, 9.17) is 14.2 Å². The van der Waals surface area contributed by atoms with Crippen molar-refractivity contribution in [3.8, 4) is 11.6 Å². The third-order valence-corrected chi connectivity index (χ3v) is 7.98. The van der Waals surface area contributed by atoms with Crippen LogP contribution in [0, 0.1) is 13.8 Å². The molecule has 1 amide bonds. The van der Waals surface area contributed by atoms with Gasteiger partial charge in [0.25, 0.3) is 5.91 Å². The smallest absolute Gasteiger partial charge is 0.254 e. The van der Waals surface area contributed by atoms with Crippen LogP contribution in [-0.4, -0.2) is 63.7 Å². The first-order chi connectivity index (χ1) is 17.2. The molecule has 1 aliphatic heterocycles. The van der Waals surface area contributed by atoms with Crippen LogP contribution in [0.1, 0.15) is 27.0 Å². The van der Waals surface area contributed by atoms with Crippen LogP contribution in [0.25, 0.3) is 0 Å². The number of benzene rings is 2. The monoisotopic (exact) mass is 510 g/mol. The van der Waals surface area contributed by atoms with Crippen molar-refractivity contribution < 1.29 is 27.4 Å². The molecule has 36 heavy (non-hydrogen) atoms. The summed E-state index contributed by atoms with van der Waals surface area (Å²) in [6.45, 7) is 4.58. The minimum Gasteiger partial charge on any atom is -0.495 e. The Hall–Kier alpha value is -3.43. The summed E-state index contributed by atoms with van der Waals surface area (Å²) in [6.07, 6.45) is 0.720. The highest BCUT2D eigenvalue weighted by Gasteiger charge is 2.38. The molecule has 9 heteroatoms. The minimum absolute atomic E-state index is 0.0750. The van der Waals surface area contributed by atoms with Crippen LogP contribution < -0.4 is 9.47 Å². The zero-order chi connectivity index (χ0) is 25.9. The summed E-state index contributed by atoms with van der Waals surface area (Å²) in [5, 5.41) is 0. The molecule has 1 aromatic heterocycles. The summed E-state index contributed by atoms with van der Waals surface area (Å²) in [7, 11) is -0.640. The minimum atomic E-state index is -3.66. The number of sulfone groups is 1. The lowest BCUT2D eigenvalue weighted by Crippen LogP contribution is -2.32. The zero-order valence-electron chi connectivity index (χ0n) is 20.8. The molecule has 0 spiro atoms. The molecular weight excluding hydrogens is 480 g/mol. The van der Waals surface area contributed by atoms with Gasteiger partial charge in [-0.3, -0.25) is 4.79 Å². The van der Waals surface area contributed by atoms with Gasteiger partial charge in [-0.25, -0.2) is 13.4 Å². The number of pyridine rings is 1. The highest BCUT2D eigenvalue weighted by atomic mass is 32.2. The molecule has 0 saturated carbocycles. The van der Waals surface area contributed by atoms with Gasteiger partial charge < -0.3 is 19.1 Å². The van der Waals surface area contributed by atoms with E-state index in [1.165, 1.54) is 19.4 Å². The zero-order valence-corrected chi connectivity index (χ0v) is 21.6. The average Bonchev–Trinajstić information content (AvgIpc) is 3.27. The first-order valence-corrected chi connectivity index (χ1v) is 13.2. The predicted octanol–water partition coefficient (Wildman–Crippen LogP) is 3.60. The molecule has 3 aromatic rings. The van der Waals surface area contributed by atoms with Crippen molar-refractivity contribution in [3.63, 3.8) is 0 Å². The maximum absolute atomic E-state index is 13.2. The maximum atomic E-state index is 13.2. The number of rotatable bonds is 8. The van der Waals surface area contributed by atoms with Crippen molar-refractivity contribution in [2.45, 2.75) is 36.7 Å². The summed E-state index contributed by atoms with van der Waals surface area (Å²) >= 11 is 0. The molecule has 2 unspecified atom stereocenters. The van der Waals surface area contributed by atoms with E-state index in [2.05, 4.69) is 4.98 Å². The molecule has 190 valence electrons. The lowest BCUT2D eigenvalue weighted by Gasteiger charge is -2.18. The summed E-state index contributed by atoms with van der Waals surface area (Å²) in [5.74, 6) is 0.261. The summed E-state index contributed by atoms with van der Waals surface area (Å²) < 4.78 is 43.0. The van der Waals surface area contributed by atoms with E-state index in [0.717, 1.165) is 11.1 Å². The van der Waals surface area contributed by atoms with E-state index >= 15 is 0 Å². The molecule has 8 nitrogen and oxygen atoms in total. The summed E-state index contributed by atoms with van der Waals surface area (Å²) in [5.41, 5.74) is 3.12. The Kier molecular flexibility index (Phi) is 7.61. The van der Waals surface area contributed by atoms with Crippen LogP contribution >= 0.6 is 0 Å². The van der Waals surface area contributed by atoms with E-state index in [0.29, 0.717) is 30.0 Å². The van der Waals surface area contributed by atoms with Crippen LogP contribution in [0.5, 0.6) is 11.6 Å². The number of hydrogen-bond donors (Lipinski definition) is 0. The molecule has 0 radical (unpaired) electrons. The Balaban J connectivity index is 1.49. The first-order valence-electron chi connectivity index (χ1n) is 11.6. The molecule has 2 aromatic carbocycles. The van der Waals surface area contributed by atoms with E-state index in [-0.39, 0.29) is 28.5 Å². The summed E-state index contributed by atoms with van der Waals surface area (Å²) in [4.78, 5) is 19.3. The Bertz CT molecular complexity index is 1360. The Morgan fingerprint density at radius 3 is 2.53 bits per heavy atom. The fourth-order valence-electron chi connectivity index (χ4n) is 4.32. The lowest BCUT2D eigenvalue weighted by molar-refractivity contribution is 0.0319. The van der Waals surface area contributed by atoms with Gasteiger partial charge in [-0.2, -0.15) is 0 Å². The Morgan fingerprint density at radius 1 is 1.03 bits per heavy atom. The number of aromatic nitrogens is 1. The standard InChI is InChI=1S/C27H30N2O6S/c1-18-9-10-19(2)21(13-18)27(30)29-15-23(34-4)24(16-29)35-26-14-20(11-12-28-26)17-36(31,32)25-8-6-5-7-22(25)33-3/h5-14,23-24H,15-17H2,1-4H3. The number of methoxy groups -OCH3 is 2. The number of carbonyl (C=O) groups is 1.